The van der Waals surface area contributed by atoms with Gasteiger partial charge in [-0.25, -0.2) is 8.42 Å². The third kappa shape index (κ3) is 3.28. The summed E-state index contributed by atoms with van der Waals surface area (Å²) in [4.78, 5) is 23.2. The normalized spacial score (nSPS) is 14.2. The molecule has 1 heterocycles. The van der Waals surface area contributed by atoms with E-state index in [1.54, 1.807) is 12.1 Å². The van der Waals surface area contributed by atoms with E-state index in [4.69, 9.17) is 0 Å². The fourth-order valence-corrected chi connectivity index (χ4v) is 3.65. The quantitative estimate of drug-likeness (QED) is 0.825. The summed E-state index contributed by atoms with van der Waals surface area (Å²) in [7, 11) is -3.87. The lowest BCUT2D eigenvalue weighted by molar-refractivity contribution is 0.0879. The highest BCUT2D eigenvalue weighted by Gasteiger charge is 2.28. The van der Waals surface area contributed by atoms with Crippen LogP contribution in [0.2, 0.25) is 0 Å². The Kier molecular flexibility index (Phi) is 3.91. The van der Waals surface area contributed by atoms with Crippen LogP contribution in [0.4, 0.5) is 5.69 Å². The van der Waals surface area contributed by atoms with Gasteiger partial charge in [-0.3, -0.25) is 19.6 Å². The molecule has 0 saturated heterocycles. The fourth-order valence-electron chi connectivity index (χ4n) is 2.57. The van der Waals surface area contributed by atoms with Gasteiger partial charge in [-0.2, -0.15) is 0 Å². The van der Waals surface area contributed by atoms with Gasteiger partial charge in [0.05, 0.1) is 16.0 Å². The van der Waals surface area contributed by atoms with Crippen molar-refractivity contribution >= 4 is 27.5 Å². The third-order valence-electron chi connectivity index (χ3n) is 4.02. The lowest BCUT2D eigenvalue weighted by Gasteiger charge is -2.19. The SMILES string of the molecule is CC(C)(C)c1ccc(NS(=O)(=O)c2ccc3c(c2)C(=O)NC3=O)cc1. The number of imide groups is 1. The number of sulfonamides is 1. The summed E-state index contributed by atoms with van der Waals surface area (Å²) in [5.74, 6) is -1.11. The van der Waals surface area contributed by atoms with Crippen molar-refractivity contribution in [1.29, 1.82) is 0 Å². The van der Waals surface area contributed by atoms with Crippen molar-refractivity contribution in [3.63, 3.8) is 0 Å². The van der Waals surface area contributed by atoms with Crippen molar-refractivity contribution in [1.82, 2.24) is 5.32 Å². The van der Waals surface area contributed by atoms with Gasteiger partial charge in [0, 0.05) is 5.69 Å². The van der Waals surface area contributed by atoms with E-state index in [1.807, 2.05) is 12.1 Å². The number of fused-ring (bicyclic) bond motifs is 1. The van der Waals surface area contributed by atoms with Crippen molar-refractivity contribution in [2.24, 2.45) is 0 Å². The first kappa shape index (κ1) is 17.2. The highest BCUT2D eigenvalue weighted by atomic mass is 32.2. The van der Waals surface area contributed by atoms with Gasteiger partial charge in [-0.1, -0.05) is 32.9 Å². The average Bonchev–Trinajstić information content (AvgIpc) is 2.81. The van der Waals surface area contributed by atoms with Crippen LogP contribution in [0.15, 0.2) is 47.4 Å². The van der Waals surface area contributed by atoms with E-state index >= 15 is 0 Å². The van der Waals surface area contributed by atoms with Gasteiger partial charge in [-0.15, -0.1) is 0 Å². The van der Waals surface area contributed by atoms with E-state index in [0.29, 0.717) is 5.69 Å². The summed E-state index contributed by atoms with van der Waals surface area (Å²) in [6.45, 7) is 6.22. The summed E-state index contributed by atoms with van der Waals surface area (Å²) in [5.41, 5.74) is 1.73. The van der Waals surface area contributed by atoms with Gasteiger partial charge in [-0.05, 0) is 41.3 Å². The molecule has 130 valence electrons. The number of rotatable bonds is 3. The van der Waals surface area contributed by atoms with Crippen LogP contribution in [0.5, 0.6) is 0 Å². The highest BCUT2D eigenvalue weighted by molar-refractivity contribution is 7.92. The van der Waals surface area contributed by atoms with E-state index < -0.39 is 21.8 Å². The Labute approximate surface area is 146 Å². The fraction of sp³-hybridized carbons (Fsp3) is 0.222. The molecule has 2 amide bonds. The standard InChI is InChI=1S/C18H18N2O4S/c1-18(2,3)11-4-6-12(7-5-11)20-25(23,24)13-8-9-14-15(10-13)17(22)19-16(14)21/h4-10,20H,1-3H3,(H,19,21,22). The van der Waals surface area contributed by atoms with Crippen LogP contribution in [0, 0.1) is 0 Å². The maximum Gasteiger partial charge on any atom is 0.261 e. The zero-order valence-electron chi connectivity index (χ0n) is 14.1. The Morgan fingerprint density at radius 1 is 0.880 bits per heavy atom. The first-order valence-electron chi connectivity index (χ1n) is 7.71. The van der Waals surface area contributed by atoms with Gasteiger partial charge in [0.15, 0.2) is 0 Å². The second kappa shape index (κ2) is 5.70. The molecule has 0 fully saturated rings. The molecule has 6 nitrogen and oxygen atoms in total. The summed E-state index contributed by atoms with van der Waals surface area (Å²) in [6.07, 6.45) is 0. The predicted octanol–water partition coefficient (Wildman–Crippen LogP) is 2.67. The molecule has 0 unspecified atom stereocenters. The average molecular weight is 358 g/mol. The minimum Gasteiger partial charge on any atom is -0.288 e. The van der Waals surface area contributed by atoms with Crippen LogP contribution in [-0.2, 0) is 15.4 Å². The van der Waals surface area contributed by atoms with E-state index in [-0.39, 0.29) is 21.4 Å². The minimum absolute atomic E-state index is 0.0305. The molecule has 3 rings (SSSR count). The van der Waals surface area contributed by atoms with E-state index in [1.165, 1.54) is 18.2 Å². The molecule has 1 aliphatic heterocycles. The van der Waals surface area contributed by atoms with Crippen molar-refractivity contribution in [2.45, 2.75) is 31.1 Å². The number of amides is 2. The van der Waals surface area contributed by atoms with E-state index in [0.717, 1.165) is 5.56 Å². The molecular weight excluding hydrogens is 340 g/mol. The second-order valence-electron chi connectivity index (χ2n) is 6.92. The Bertz CT molecular complexity index is 971. The van der Waals surface area contributed by atoms with E-state index in [9.17, 15) is 18.0 Å². The molecular formula is C18H18N2O4S. The molecule has 0 aliphatic carbocycles. The van der Waals surface area contributed by atoms with Crippen LogP contribution in [0.1, 0.15) is 47.1 Å². The van der Waals surface area contributed by atoms with Gasteiger partial charge >= 0.3 is 0 Å². The first-order valence-corrected chi connectivity index (χ1v) is 9.19. The monoisotopic (exact) mass is 358 g/mol. The molecule has 0 saturated carbocycles. The van der Waals surface area contributed by atoms with Gasteiger partial charge in [0.1, 0.15) is 0 Å². The maximum atomic E-state index is 12.5. The lowest BCUT2D eigenvalue weighted by Crippen LogP contribution is -2.20. The van der Waals surface area contributed by atoms with Crippen molar-refractivity contribution < 1.29 is 18.0 Å². The number of benzene rings is 2. The van der Waals surface area contributed by atoms with E-state index in [2.05, 4.69) is 30.8 Å². The van der Waals surface area contributed by atoms with Crippen LogP contribution in [-0.4, -0.2) is 20.2 Å². The number of nitrogens with one attached hydrogen (secondary N) is 2. The molecule has 0 radical (unpaired) electrons. The first-order chi connectivity index (χ1) is 11.6. The lowest BCUT2D eigenvalue weighted by atomic mass is 9.87. The Hall–Kier alpha value is -2.67. The number of carbonyl (C=O) groups excluding carboxylic acids is 2. The summed E-state index contributed by atoms with van der Waals surface area (Å²) in [5, 5.41) is 2.14. The zero-order chi connectivity index (χ0) is 18.4. The molecule has 1 aliphatic rings. The number of hydrogen-bond acceptors (Lipinski definition) is 4. The van der Waals surface area contributed by atoms with Crippen LogP contribution < -0.4 is 10.0 Å². The molecule has 2 aromatic carbocycles. The number of carbonyl (C=O) groups is 2. The largest absolute Gasteiger partial charge is 0.288 e. The molecule has 0 spiro atoms. The van der Waals surface area contributed by atoms with Gasteiger partial charge in [0.25, 0.3) is 21.8 Å². The van der Waals surface area contributed by atoms with Crippen molar-refractivity contribution in [3.05, 3.63) is 59.2 Å². The Morgan fingerprint density at radius 3 is 2.08 bits per heavy atom. The van der Waals surface area contributed by atoms with Crippen LogP contribution in [0.3, 0.4) is 0 Å². The molecule has 2 aromatic rings. The highest BCUT2D eigenvalue weighted by Crippen LogP contribution is 2.25. The molecule has 2 N–H and O–H groups in total. The smallest absolute Gasteiger partial charge is 0.261 e. The molecule has 0 aromatic heterocycles. The van der Waals surface area contributed by atoms with Crippen LogP contribution >= 0.6 is 0 Å². The summed E-state index contributed by atoms with van der Waals surface area (Å²) < 4.78 is 27.6. The topological polar surface area (TPSA) is 92.3 Å². The Balaban J connectivity index is 1.89. The maximum absolute atomic E-state index is 12.5. The second-order valence-corrected chi connectivity index (χ2v) is 8.61. The Morgan fingerprint density at radius 2 is 1.48 bits per heavy atom. The van der Waals surface area contributed by atoms with Crippen molar-refractivity contribution in [3.8, 4) is 0 Å². The molecule has 25 heavy (non-hydrogen) atoms. The summed E-state index contributed by atoms with van der Waals surface area (Å²) in [6, 6.07) is 11.0. The minimum atomic E-state index is -3.87. The number of anilines is 1. The van der Waals surface area contributed by atoms with Crippen LogP contribution in [0.25, 0.3) is 0 Å². The van der Waals surface area contributed by atoms with Gasteiger partial charge in [0.2, 0.25) is 0 Å². The zero-order valence-corrected chi connectivity index (χ0v) is 14.9. The molecule has 7 heteroatoms. The number of hydrogen-bond donors (Lipinski definition) is 2. The molecule has 0 bridgehead atoms. The molecule has 0 atom stereocenters. The summed E-state index contributed by atoms with van der Waals surface area (Å²) >= 11 is 0. The van der Waals surface area contributed by atoms with Gasteiger partial charge < -0.3 is 0 Å². The van der Waals surface area contributed by atoms with Crippen molar-refractivity contribution in [2.75, 3.05) is 4.72 Å². The predicted molar refractivity (Wildman–Crippen MR) is 94.2 cm³/mol. The third-order valence-corrected chi connectivity index (χ3v) is 5.40.